The Hall–Kier alpha value is -1.87. The first kappa shape index (κ1) is 14.1. The summed E-state index contributed by atoms with van der Waals surface area (Å²) in [4.78, 5) is 11.6. The summed E-state index contributed by atoms with van der Waals surface area (Å²) >= 11 is 0. The van der Waals surface area contributed by atoms with Gasteiger partial charge in [-0.25, -0.2) is 0 Å². The zero-order valence-corrected chi connectivity index (χ0v) is 12.0. The van der Waals surface area contributed by atoms with Gasteiger partial charge in [0, 0.05) is 6.61 Å². The van der Waals surface area contributed by atoms with Crippen LogP contribution in [0.1, 0.15) is 24.8 Å². The molecule has 2 aromatic rings. The number of hydrogen-bond acceptors (Lipinski definition) is 2. The van der Waals surface area contributed by atoms with Gasteiger partial charge in [-0.1, -0.05) is 42.5 Å². The molecule has 0 saturated carbocycles. The van der Waals surface area contributed by atoms with Gasteiger partial charge in [-0.15, -0.1) is 0 Å². The number of hydrogen-bond donors (Lipinski definition) is 1. The molecule has 2 atom stereocenters. The molecule has 1 fully saturated rings. The van der Waals surface area contributed by atoms with Crippen molar-refractivity contribution in [3.05, 3.63) is 48.0 Å². The summed E-state index contributed by atoms with van der Waals surface area (Å²) in [6, 6.07) is 14.2. The topological polar surface area (TPSA) is 46.5 Å². The Kier molecular flexibility index (Phi) is 4.20. The lowest BCUT2D eigenvalue weighted by molar-refractivity contribution is -0.142. The van der Waals surface area contributed by atoms with Gasteiger partial charge in [-0.05, 0) is 42.0 Å². The summed E-state index contributed by atoms with van der Waals surface area (Å²) in [6.07, 6.45) is 3.32. The zero-order valence-electron chi connectivity index (χ0n) is 12.0. The van der Waals surface area contributed by atoms with E-state index in [0.717, 1.165) is 35.8 Å². The van der Waals surface area contributed by atoms with E-state index in [4.69, 9.17) is 4.74 Å². The van der Waals surface area contributed by atoms with Gasteiger partial charge in [0.05, 0.1) is 12.0 Å². The van der Waals surface area contributed by atoms with Gasteiger partial charge in [-0.2, -0.15) is 0 Å². The van der Waals surface area contributed by atoms with Crippen LogP contribution in [0.25, 0.3) is 10.8 Å². The minimum Gasteiger partial charge on any atom is -0.481 e. The molecule has 1 N–H and O–H groups in total. The van der Waals surface area contributed by atoms with Crippen LogP contribution in [-0.4, -0.2) is 23.8 Å². The number of aliphatic carboxylic acids is 1. The Bertz CT molecular complexity index is 624. The molecule has 1 saturated heterocycles. The molecule has 0 aromatic heterocycles. The molecule has 1 aliphatic rings. The first-order valence-corrected chi connectivity index (χ1v) is 7.55. The molecular formula is C18H20O3. The quantitative estimate of drug-likeness (QED) is 0.911. The van der Waals surface area contributed by atoms with Gasteiger partial charge in [0.25, 0.3) is 0 Å². The number of carboxylic acids is 1. The number of benzene rings is 2. The van der Waals surface area contributed by atoms with Gasteiger partial charge in [0.15, 0.2) is 0 Å². The highest BCUT2D eigenvalue weighted by atomic mass is 16.5. The maximum Gasteiger partial charge on any atom is 0.306 e. The summed E-state index contributed by atoms with van der Waals surface area (Å²) in [7, 11) is 0. The molecule has 1 aliphatic heterocycles. The highest BCUT2D eigenvalue weighted by molar-refractivity contribution is 5.86. The van der Waals surface area contributed by atoms with Crippen LogP contribution in [0.5, 0.6) is 0 Å². The van der Waals surface area contributed by atoms with Gasteiger partial charge in [0.1, 0.15) is 0 Å². The summed E-state index contributed by atoms with van der Waals surface area (Å²) in [5, 5.41) is 11.8. The highest BCUT2D eigenvalue weighted by Crippen LogP contribution is 2.26. The smallest absolute Gasteiger partial charge is 0.306 e. The fraction of sp³-hybridized carbons (Fsp3) is 0.389. The van der Waals surface area contributed by atoms with Crippen molar-refractivity contribution in [1.29, 1.82) is 0 Å². The summed E-state index contributed by atoms with van der Waals surface area (Å²) in [6.45, 7) is 0.769. The van der Waals surface area contributed by atoms with Gasteiger partial charge in [0.2, 0.25) is 0 Å². The lowest BCUT2D eigenvalue weighted by Gasteiger charge is -2.17. The SMILES string of the molecule is O=C(O)[C@@H](Cc1cccc2ccccc12)C[C@@H]1CCCO1. The molecule has 1 heterocycles. The molecule has 3 nitrogen and oxygen atoms in total. The Morgan fingerprint density at radius 3 is 2.81 bits per heavy atom. The molecule has 0 spiro atoms. The van der Waals surface area contributed by atoms with Gasteiger partial charge >= 0.3 is 5.97 Å². The van der Waals surface area contributed by atoms with Gasteiger partial charge < -0.3 is 9.84 Å². The molecule has 0 radical (unpaired) electrons. The molecule has 0 unspecified atom stereocenters. The lowest BCUT2D eigenvalue weighted by atomic mass is 9.90. The molecule has 3 rings (SSSR count). The molecular weight excluding hydrogens is 264 g/mol. The Balaban J connectivity index is 1.82. The second-order valence-corrected chi connectivity index (χ2v) is 5.75. The van der Waals surface area contributed by atoms with Crippen molar-refractivity contribution in [2.45, 2.75) is 31.8 Å². The normalized spacial score (nSPS) is 19.7. The number of rotatable bonds is 5. The number of carboxylic acid groups (broad SMARTS) is 1. The van der Waals surface area contributed by atoms with Crippen molar-refractivity contribution in [2.75, 3.05) is 6.61 Å². The largest absolute Gasteiger partial charge is 0.481 e. The number of carbonyl (C=O) groups is 1. The summed E-state index contributed by atoms with van der Waals surface area (Å²) < 4.78 is 5.60. The summed E-state index contributed by atoms with van der Waals surface area (Å²) in [5.74, 6) is -1.10. The van der Waals surface area contributed by atoms with Crippen LogP contribution in [0.15, 0.2) is 42.5 Å². The molecule has 0 bridgehead atoms. The van der Waals surface area contributed by atoms with E-state index in [0.29, 0.717) is 12.8 Å². The lowest BCUT2D eigenvalue weighted by Crippen LogP contribution is -2.22. The van der Waals surface area contributed by atoms with E-state index in [1.54, 1.807) is 0 Å². The highest BCUT2D eigenvalue weighted by Gasteiger charge is 2.26. The third-order valence-corrected chi connectivity index (χ3v) is 4.27. The van der Waals surface area contributed by atoms with E-state index in [9.17, 15) is 9.90 Å². The molecule has 0 aliphatic carbocycles. The standard InChI is InChI=1S/C18H20O3/c19-18(20)15(12-16-8-4-10-21-16)11-14-7-3-6-13-5-1-2-9-17(13)14/h1-3,5-7,9,15-16H,4,8,10-12H2,(H,19,20)/t15-,16-/m0/s1. The molecule has 3 heteroatoms. The molecule has 0 amide bonds. The van der Waals surface area contributed by atoms with E-state index in [2.05, 4.69) is 18.2 Å². The van der Waals surface area contributed by atoms with Crippen molar-refractivity contribution in [1.82, 2.24) is 0 Å². The average molecular weight is 284 g/mol. The van der Waals surface area contributed by atoms with Gasteiger partial charge in [-0.3, -0.25) is 4.79 Å². The van der Waals surface area contributed by atoms with Crippen LogP contribution < -0.4 is 0 Å². The van der Waals surface area contributed by atoms with E-state index >= 15 is 0 Å². The minimum atomic E-state index is -0.724. The third kappa shape index (κ3) is 3.24. The Morgan fingerprint density at radius 2 is 2.05 bits per heavy atom. The van der Waals surface area contributed by atoms with Crippen LogP contribution in [-0.2, 0) is 16.0 Å². The van der Waals surface area contributed by atoms with Crippen LogP contribution in [0.3, 0.4) is 0 Å². The maximum atomic E-state index is 11.6. The Morgan fingerprint density at radius 1 is 1.24 bits per heavy atom. The minimum absolute atomic E-state index is 0.112. The van der Waals surface area contributed by atoms with Crippen LogP contribution in [0, 0.1) is 5.92 Å². The van der Waals surface area contributed by atoms with Crippen molar-refractivity contribution >= 4 is 16.7 Å². The first-order valence-electron chi connectivity index (χ1n) is 7.55. The van der Waals surface area contributed by atoms with Crippen LogP contribution >= 0.6 is 0 Å². The maximum absolute atomic E-state index is 11.6. The first-order chi connectivity index (χ1) is 10.2. The molecule has 110 valence electrons. The molecule has 2 aromatic carbocycles. The molecule has 21 heavy (non-hydrogen) atoms. The monoisotopic (exact) mass is 284 g/mol. The van der Waals surface area contributed by atoms with Crippen molar-refractivity contribution in [3.8, 4) is 0 Å². The zero-order chi connectivity index (χ0) is 14.7. The number of fused-ring (bicyclic) bond motifs is 1. The van der Waals surface area contributed by atoms with Crippen molar-refractivity contribution < 1.29 is 14.6 Å². The van der Waals surface area contributed by atoms with Crippen molar-refractivity contribution in [3.63, 3.8) is 0 Å². The second kappa shape index (κ2) is 6.27. The van der Waals surface area contributed by atoms with E-state index in [-0.39, 0.29) is 12.0 Å². The van der Waals surface area contributed by atoms with Crippen LogP contribution in [0.4, 0.5) is 0 Å². The summed E-state index contributed by atoms with van der Waals surface area (Å²) in [5.41, 5.74) is 1.11. The predicted octanol–water partition coefficient (Wildman–Crippen LogP) is 3.65. The van der Waals surface area contributed by atoms with E-state index < -0.39 is 5.97 Å². The van der Waals surface area contributed by atoms with Crippen molar-refractivity contribution in [2.24, 2.45) is 5.92 Å². The second-order valence-electron chi connectivity index (χ2n) is 5.75. The average Bonchev–Trinajstić information content (AvgIpc) is 3.00. The third-order valence-electron chi connectivity index (χ3n) is 4.27. The predicted molar refractivity (Wildman–Crippen MR) is 82.4 cm³/mol. The number of ether oxygens (including phenoxy) is 1. The van der Waals surface area contributed by atoms with E-state index in [1.165, 1.54) is 0 Å². The fourth-order valence-corrected chi connectivity index (χ4v) is 3.15. The van der Waals surface area contributed by atoms with Crippen LogP contribution in [0.2, 0.25) is 0 Å². The fourth-order valence-electron chi connectivity index (χ4n) is 3.15. The Labute approximate surface area is 124 Å². The van der Waals surface area contributed by atoms with E-state index in [1.807, 2.05) is 24.3 Å².